The number of nitrogens with zero attached hydrogens (tertiary/aromatic N) is 2. The average molecular weight is 423 g/mol. The van der Waals surface area contributed by atoms with Crippen LogP contribution in [0, 0.1) is 0 Å². The average Bonchev–Trinajstić information content (AvgIpc) is 3.32. The Morgan fingerprint density at radius 3 is 2.33 bits per heavy atom. The number of carbonyl (C=O) groups excluding carboxylic acids is 1. The number of hydrogen-bond acceptors (Lipinski definition) is 2. The Labute approximate surface area is 183 Å². The van der Waals surface area contributed by atoms with Gasteiger partial charge in [0.2, 0.25) is 0 Å². The van der Waals surface area contributed by atoms with E-state index in [1.54, 1.807) is 0 Å². The summed E-state index contributed by atoms with van der Waals surface area (Å²) in [4.78, 5) is 13.4. The predicted molar refractivity (Wildman–Crippen MR) is 110 cm³/mol. The van der Waals surface area contributed by atoms with Crippen LogP contribution in [0.1, 0.15) is 49.1 Å². The molecule has 1 saturated heterocycles. The summed E-state index contributed by atoms with van der Waals surface area (Å²) in [6.07, 6.45) is 7.28. The van der Waals surface area contributed by atoms with E-state index in [0.717, 1.165) is 17.7 Å². The Bertz CT molecular complexity index is 977. The highest BCUT2D eigenvalue weighted by Gasteiger charge is 2.52. The van der Waals surface area contributed by atoms with Gasteiger partial charge in [-0.3, -0.25) is 4.79 Å². The van der Waals surface area contributed by atoms with Crippen LogP contribution in [0.4, 0.5) is 0 Å². The van der Waals surface area contributed by atoms with Gasteiger partial charge in [0.1, 0.15) is 30.5 Å². The topological polar surface area (TPSA) is 35.1 Å². The zero-order valence-corrected chi connectivity index (χ0v) is 18.0. The smallest absolute Gasteiger partial charge is 0.321 e. The van der Waals surface area contributed by atoms with Gasteiger partial charge in [-0.15, -0.1) is 0 Å². The van der Waals surface area contributed by atoms with Gasteiger partial charge in [-0.25, -0.2) is 9.13 Å². The Kier molecular flexibility index (Phi) is 5.70. The van der Waals surface area contributed by atoms with Crippen molar-refractivity contribution in [1.82, 2.24) is 4.57 Å². The molecule has 5 rings (SSSR count). The number of halogens is 1. The van der Waals surface area contributed by atoms with E-state index < -0.39 is 5.41 Å². The van der Waals surface area contributed by atoms with Gasteiger partial charge in [0.25, 0.3) is 5.82 Å². The molecule has 0 spiro atoms. The number of rotatable bonds is 4. The summed E-state index contributed by atoms with van der Waals surface area (Å²) < 4.78 is 10.7. The number of esters is 1. The zero-order chi connectivity index (χ0) is 19.8. The number of hydrogen-bond donors (Lipinski definition) is 0. The second-order valence-corrected chi connectivity index (χ2v) is 8.41. The summed E-state index contributed by atoms with van der Waals surface area (Å²) in [6, 6.07) is 20.2. The first-order valence-corrected chi connectivity index (χ1v) is 10.6. The maximum Gasteiger partial charge on any atom is 0.321 e. The number of imidazole rings is 1. The van der Waals surface area contributed by atoms with Gasteiger partial charge < -0.3 is 17.1 Å². The SMILES string of the molecule is CC1CCC[n+]2ccn(CC3CC(c4ccccc4)(c4ccccc4)C(=O)O3)c21.[Cl-]. The maximum atomic E-state index is 13.4. The molecule has 2 unspecified atom stereocenters. The summed E-state index contributed by atoms with van der Waals surface area (Å²) in [5, 5.41) is 0. The minimum Gasteiger partial charge on any atom is -1.00 e. The van der Waals surface area contributed by atoms with E-state index in [-0.39, 0.29) is 24.5 Å². The maximum absolute atomic E-state index is 13.4. The van der Waals surface area contributed by atoms with Gasteiger partial charge in [0, 0.05) is 6.42 Å². The molecule has 156 valence electrons. The minimum atomic E-state index is -0.737. The number of ether oxygens (including phenoxy) is 1. The van der Waals surface area contributed by atoms with Crippen molar-refractivity contribution in [3.8, 4) is 0 Å². The van der Waals surface area contributed by atoms with E-state index in [4.69, 9.17) is 4.74 Å². The van der Waals surface area contributed by atoms with E-state index in [2.05, 4.69) is 28.5 Å². The van der Waals surface area contributed by atoms with Crippen molar-refractivity contribution in [1.29, 1.82) is 0 Å². The molecule has 0 N–H and O–H groups in total. The van der Waals surface area contributed by atoms with Crippen LogP contribution in [0.5, 0.6) is 0 Å². The summed E-state index contributed by atoms with van der Waals surface area (Å²) in [6.45, 7) is 4.08. The molecule has 2 atom stereocenters. The fourth-order valence-electron chi connectivity index (χ4n) is 5.21. The first-order valence-electron chi connectivity index (χ1n) is 10.6. The number of cyclic esters (lactones) is 1. The minimum absolute atomic E-state index is 0. The van der Waals surface area contributed by atoms with E-state index >= 15 is 0 Å². The normalized spacial score (nSPS) is 22.1. The molecule has 2 aromatic carbocycles. The van der Waals surface area contributed by atoms with Crippen LogP contribution < -0.4 is 17.0 Å². The predicted octanol–water partition coefficient (Wildman–Crippen LogP) is 0.979. The van der Waals surface area contributed by atoms with Crippen LogP contribution in [0.2, 0.25) is 0 Å². The number of carbonyl (C=O) groups is 1. The van der Waals surface area contributed by atoms with Gasteiger partial charge in [-0.1, -0.05) is 67.6 Å². The quantitative estimate of drug-likeness (QED) is 0.464. The summed E-state index contributed by atoms with van der Waals surface area (Å²) in [5.74, 6) is 1.75. The molecule has 0 amide bonds. The van der Waals surface area contributed by atoms with Crippen molar-refractivity contribution in [3.63, 3.8) is 0 Å². The molecule has 1 aromatic heterocycles. The van der Waals surface area contributed by atoms with Crippen molar-refractivity contribution in [2.45, 2.75) is 56.7 Å². The molecule has 5 heteroatoms. The number of fused-ring (bicyclic) bond motifs is 1. The molecular formula is C25H27ClN2O2. The van der Waals surface area contributed by atoms with E-state index in [1.807, 2.05) is 60.7 Å². The lowest BCUT2D eigenvalue weighted by molar-refractivity contribution is -0.710. The second kappa shape index (κ2) is 8.27. The second-order valence-electron chi connectivity index (χ2n) is 8.41. The van der Waals surface area contributed by atoms with Crippen LogP contribution in [0.3, 0.4) is 0 Å². The highest BCUT2D eigenvalue weighted by Crippen LogP contribution is 2.43. The number of aromatic nitrogens is 2. The molecule has 4 nitrogen and oxygen atoms in total. The van der Waals surface area contributed by atoms with Gasteiger partial charge in [-0.05, 0) is 24.0 Å². The highest BCUT2D eigenvalue weighted by atomic mass is 35.5. The van der Waals surface area contributed by atoms with Gasteiger partial charge in [0.05, 0.1) is 12.5 Å². The zero-order valence-electron chi connectivity index (χ0n) is 17.2. The van der Waals surface area contributed by atoms with Crippen LogP contribution in [-0.4, -0.2) is 16.6 Å². The van der Waals surface area contributed by atoms with Gasteiger partial charge >= 0.3 is 5.97 Å². The Morgan fingerprint density at radius 2 is 1.70 bits per heavy atom. The molecule has 2 aliphatic heterocycles. The van der Waals surface area contributed by atoms with Crippen LogP contribution >= 0.6 is 0 Å². The molecule has 2 aliphatic rings. The van der Waals surface area contributed by atoms with Crippen LogP contribution in [0.15, 0.2) is 73.1 Å². The van der Waals surface area contributed by atoms with Crippen LogP contribution in [-0.2, 0) is 28.0 Å². The molecule has 0 saturated carbocycles. The number of benzene rings is 2. The molecule has 1 fully saturated rings. The van der Waals surface area contributed by atoms with E-state index in [0.29, 0.717) is 18.9 Å². The molecule has 30 heavy (non-hydrogen) atoms. The molecule has 3 heterocycles. The summed E-state index contributed by atoms with van der Waals surface area (Å²) in [7, 11) is 0. The Hall–Kier alpha value is -2.59. The summed E-state index contributed by atoms with van der Waals surface area (Å²) >= 11 is 0. The lowest BCUT2D eigenvalue weighted by Gasteiger charge is -2.26. The third-order valence-electron chi connectivity index (χ3n) is 6.58. The Balaban J connectivity index is 0.00000218. The first-order chi connectivity index (χ1) is 14.2. The first kappa shape index (κ1) is 20.7. The molecular weight excluding hydrogens is 396 g/mol. The number of aryl methyl sites for hydroxylation is 1. The highest BCUT2D eigenvalue weighted by molar-refractivity contribution is 5.89. The van der Waals surface area contributed by atoms with Gasteiger partial charge in [0.15, 0.2) is 0 Å². The Morgan fingerprint density at radius 1 is 1.07 bits per heavy atom. The standard InChI is InChI=1S/C25H27N2O2.ClH/c1-19-9-8-14-26-15-16-27(23(19)26)18-22-17-25(24(28)29-22,20-10-4-2-5-11-20)21-12-6-3-7-13-21;/h2-7,10-13,15-16,19,22H,8-9,14,17-18H2,1H3;1H/q+1;/p-1. The van der Waals surface area contributed by atoms with Crippen molar-refractivity contribution >= 4 is 5.97 Å². The lowest BCUT2D eigenvalue weighted by Crippen LogP contribution is -3.00. The van der Waals surface area contributed by atoms with Gasteiger partial charge in [-0.2, -0.15) is 0 Å². The van der Waals surface area contributed by atoms with Crippen molar-refractivity contribution in [3.05, 3.63) is 90.0 Å². The van der Waals surface area contributed by atoms with Crippen molar-refractivity contribution < 1.29 is 26.5 Å². The largest absolute Gasteiger partial charge is 1.00 e. The van der Waals surface area contributed by atoms with E-state index in [1.165, 1.54) is 18.7 Å². The monoisotopic (exact) mass is 422 g/mol. The lowest BCUT2D eigenvalue weighted by atomic mass is 9.72. The van der Waals surface area contributed by atoms with Crippen molar-refractivity contribution in [2.24, 2.45) is 0 Å². The molecule has 3 aromatic rings. The fraction of sp³-hybridized carbons (Fsp3) is 0.360. The van der Waals surface area contributed by atoms with Crippen LogP contribution in [0.25, 0.3) is 0 Å². The fourth-order valence-corrected chi connectivity index (χ4v) is 5.21. The van der Waals surface area contributed by atoms with E-state index in [9.17, 15) is 4.79 Å². The summed E-state index contributed by atoms with van der Waals surface area (Å²) in [5.41, 5.74) is 1.28. The third-order valence-corrected chi connectivity index (χ3v) is 6.58. The third kappa shape index (κ3) is 3.33. The van der Waals surface area contributed by atoms with Crippen molar-refractivity contribution in [2.75, 3.05) is 0 Å². The molecule has 0 radical (unpaired) electrons. The molecule has 0 aliphatic carbocycles. The molecule has 0 bridgehead atoms.